The zero-order valence-corrected chi connectivity index (χ0v) is 15.1. The van der Waals surface area contributed by atoms with Gasteiger partial charge in [0.1, 0.15) is 0 Å². The van der Waals surface area contributed by atoms with Crippen LogP contribution in [0.1, 0.15) is 23.4 Å². The molecule has 0 fully saturated rings. The Kier molecular flexibility index (Phi) is 4.81. The number of nitro benzene ring substituents is 1. The van der Waals surface area contributed by atoms with Gasteiger partial charge in [-0.2, -0.15) is 13.2 Å². The van der Waals surface area contributed by atoms with Crippen molar-refractivity contribution in [3.63, 3.8) is 0 Å². The number of halogens is 5. The van der Waals surface area contributed by atoms with Gasteiger partial charge in [0.05, 0.1) is 20.9 Å². The van der Waals surface area contributed by atoms with Gasteiger partial charge in [0.25, 0.3) is 22.1 Å². The fraction of sp³-hybridized carbons (Fsp3) is 0.188. The number of hydrogen-bond acceptors (Lipinski definition) is 5. The monoisotopic (exact) mass is 435 g/mol. The van der Waals surface area contributed by atoms with E-state index >= 15 is 0 Å². The maximum Gasteiger partial charge on any atom is 0.416 e. The van der Waals surface area contributed by atoms with Gasteiger partial charge < -0.3 is 0 Å². The molecule has 0 saturated heterocycles. The van der Waals surface area contributed by atoms with Gasteiger partial charge in [-0.1, -0.05) is 18.2 Å². The van der Waals surface area contributed by atoms with E-state index in [9.17, 15) is 40.5 Å². The molecule has 13 heteroatoms. The SMILES string of the molecule is Cc1ccccc1S(=O)(=O)n1c(C(F)F)nc2c([N+](=O)[O-])cc(C(F)(F)F)cc21. The second-order valence-corrected chi connectivity index (χ2v) is 7.68. The number of benzene rings is 2. The Morgan fingerprint density at radius 1 is 1.17 bits per heavy atom. The first-order valence-electron chi connectivity index (χ1n) is 7.73. The van der Waals surface area contributed by atoms with Gasteiger partial charge in [0.15, 0.2) is 11.3 Å². The lowest BCUT2D eigenvalue weighted by molar-refractivity contribution is -0.383. The lowest BCUT2D eigenvalue weighted by Gasteiger charge is -2.13. The number of alkyl halides is 5. The van der Waals surface area contributed by atoms with Crippen LogP contribution in [-0.2, 0) is 16.2 Å². The third kappa shape index (κ3) is 3.41. The van der Waals surface area contributed by atoms with Gasteiger partial charge in [-0.15, -0.1) is 0 Å². The van der Waals surface area contributed by atoms with E-state index in [-0.39, 0.29) is 21.7 Å². The van der Waals surface area contributed by atoms with E-state index < -0.39 is 60.6 Å². The van der Waals surface area contributed by atoms with E-state index in [0.29, 0.717) is 0 Å². The third-order valence-electron chi connectivity index (χ3n) is 4.05. The largest absolute Gasteiger partial charge is 0.416 e. The highest BCUT2D eigenvalue weighted by Crippen LogP contribution is 2.39. The molecule has 0 aliphatic carbocycles. The van der Waals surface area contributed by atoms with E-state index in [1.165, 1.54) is 25.1 Å². The van der Waals surface area contributed by atoms with Gasteiger partial charge in [0.2, 0.25) is 0 Å². The first-order valence-corrected chi connectivity index (χ1v) is 9.17. The van der Waals surface area contributed by atoms with E-state index in [1.54, 1.807) is 0 Å². The van der Waals surface area contributed by atoms with Gasteiger partial charge in [-0.3, -0.25) is 10.1 Å². The molecule has 1 aromatic heterocycles. The Morgan fingerprint density at radius 3 is 2.31 bits per heavy atom. The van der Waals surface area contributed by atoms with Gasteiger partial charge >= 0.3 is 6.18 Å². The second-order valence-electron chi connectivity index (χ2n) is 5.92. The average Bonchev–Trinajstić information content (AvgIpc) is 3.00. The summed E-state index contributed by atoms with van der Waals surface area (Å²) in [4.78, 5) is 12.8. The highest BCUT2D eigenvalue weighted by Gasteiger charge is 2.38. The molecule has 3 rings (SSSR count). The number of rotatable bonds is 4. The van der Waals surface area contributed by atoms with Gasteiger partial charge in [-0.05, 0) is 24.6 Å². The van der Waals surface area contributed by atoms with E-state index in [0.717, 1.165) is 6.07 Å². The number of nitrogens with zero attached hydrogens (tertiary/aromatic N) is 3. The molecule has 0 unspecified atom stereocenters. The number of hydrogen-bond donors (Lipinski definition) is 0. The summed E-state index contributed by atoms with van der Waals surface area (Å²) in [7, 11) is -4.85. The molecule has 154 valence electrons. The highest BCUT2D eigenvalue weighted by molar-refractivity contribution is 7.90. The summed E-state index contributed by atoms with van der Waals surface area (Å²) in [5, 5.41) is 11.2. The number of non-ortho nitro benzene ring substituents is 1. The molecule has 0 aliphatic rings. The maximum atomic E-state index is 13.5. The molecule has 29 heavy (non-hydrogen) atoms. The topological polar surface area (TPSA) is 95.1 Å². The molecular weight excluding hydrogens is 425 g/mol. The minimum absolute atomic E-state index is 0.0719. The smallest absolute Gasteiger partial charge is 0.258 e. The van der Waals surface area contributed by atoms with Crippen LogP contribution in [0.5, 0.6) is 0 Å². The Balaban J connectivity index is 2.52. The van der Waals surface area contributed by atoms with Crippen LogP contribution < -0.4 is 0 Å². The number of nitro groups is 1. The quantitative estimate of drug-likeness (QED) is 0.343. The fourth-order valence-electron chi connectivity index (χ4n) is 2.79. The first kappa shape index (κ1) is 20.6. The summed E-state index contributed by atoms with van der Waals surface area (Å²) < 4.78 is 92.6. The molecule has 0 amide bonds. The lowest BCUT2D eigenvalue weighted by atomic mass is 10.1. The molecule has 0 saturated carbocycles. The van der Waals surface area contributed by atoms with Crippen molar-refractivity contribution in [2.75, 3.05) is 0 Å². The summed E-state index contributed by atoms with van der Waals surface area (Å²) in [6.45, 7) is 1.36. The van der Waals surface area contributed by atoms with Crippen molar-refractivity contribution in [2.45, 2.75) is 24.4 Å². The normalized spacial score (nSPS) is 12.7. The molecule has 0 atom stereocenters. The molecule has 2 aromatic carbocycles. The maximum absolute atomic E-state index is 13.5. The van der Waals surface area contributed by atoms with Crippen molar-refractivity contribution in [3.8, 4) is 0 Å². The second kappa shape index (κ2) is 6.76. The summed E-state index contributed by atoms with van der Waals surface area (Å²) in [6, 6.07) is 5.57. The summed E-state index contributed by atoms with van der Waals surface area (Å²) >= 11 is 0. The molecule has 0 aliphatic heterocycles. The first-order chi connectivity index (χ1) is 13.4. The Morgan fingerprint density at radius 2 is 1.79 bits per heavy atom. The van der Waals surface area contributed by atoms with E-state index in [4.69, 9.17) is 0 Å². The number of aryl methyl sites for hydroxylation is 1. The summed E-state index contributed by atoms with van der Waals surface area (Å²) in [5.74, 6) is -1.43. The molecule has 0 radical (unpaired) electrons. The van der Waals surface area contributed by atoms with Crippen LogP contribution in [0, 0.1) is 17.0 Å². The van der Waals surface area contributed by atoms with E-state index in [2.05, 4.69) is 4.98 Å². The zero-order valence-electron chi connectivity index (χ0n) is 14.3. The van der Waals surface area contributed by atoms with Crippen molar-refractivity contribution in [3.05, 3.63) is 63.5 Å². The highest BCUT2D eigenvalue weighted by atomic mass is 32.2. The van der Waals surface area contributed by atoms with Crippen molar-refractivity contribution in [1.82, 2.24) is 8.96 Å². The van der Waals surface area contributed by atoms with Crippen molar-refractivity contribution >= 4 is 26.7 Å². The van der Waals surface area contributed by atoms with Crippen LogP contribution in [0.3, 0.4) is 0 Å². The lowest BCUT2D eigenvalue weighted by Crippen LogP contribution is -2.18. The predicted molar refractivity (Wildman–Crippen MR) is 90.1 cm³/mol. The van der Waals surface area contributed by atoms with Crippen molar-refractivity contribution < 1.29 is 35.3 Å². The molecule has 3 aromatic rings. The molecule has 1 heterocycles. The van der Waals surface area contributed by atoms with Crippen LogP contribution in [0.15, 0.2) is 41.3 Å². The number of aromatic nitrogens is 2. The van der Waals surface area contributed by atoms with Crippen LogP contribution in [0.2, 0.25) is 0 Å². The predicted octanol–water partition coefficient (Wildman–Crippen LogP) is 4.45. The molecule has 0 spiro atoms. The molecule has 0 bridgehead atoms. The molecule has 0 N–H and O–H groups in total. The average molecular weight is 435 g/mol. The van der Waals surface area contributed by atoms with Crippen molar-refractivity contribution in [1.29, 1.82) is 0 Å². The number of fused-ring (bicyclic) bond motifs is 1. The Bertz CT molecular complexity index is 1240. The van der Waals surface area contributed by atoms with E-state index in [1.807, 2.05) is 0 Å². The van der Waals surface area contributed by atoms with Crippen LogP contribution in [0.4, 0.5) is 27.6 Å². The minimum Gasteiger partial charge on any atom is -0.258 e. The minimum atomic E-state index is -5.09. The fourth-order valence-corrected chi connectivity index (χ4v) is 4.48. The van der Waals surface area contributed by atoms with Gasteiger partial charge in [0, 0.05) is 6.07 Å². The van der Waals surface area contributed by atoms with Crippen molar-refractivity contribution in [2.24, 2.45) is 0 Å². The third-order valence-corrected chi connectivity index (χ3v) is 5.93. The standard InChI is InChI=1S/C16H10F5N3O4S/c1-8-4-2-3-5-12(8)29(27,28)23-10-6-9(16(19,20)21)7-11(24(25)26)13(10)22-15(23)14(17)18/h2-7,14H,1H3. The molecular formula is C16H10F5N3O4S. The number of imidazole rings is 1. The van der Waals surface area contributed by atoms with Gasteiger partial charge in [-0.25, -0.2) is 26.2 Å². The van der Waals surface area contributed by atoms with Crippen LogP contribution >= 0.6 is 0 Å². The summed E-state index contributed by atoms with van der Waals surface area (Å²) in [5.41, 5.74) is -4.54. The van der Waals surface area contributed by atoms with Crippen LogP contribution in [0.25, 0.3) is 11.0 Å². The Hall–Kier alpha value is -3.09. The summed E-state index contributed by atoms with van der Waals surface area (Å²) in [6.07, 6.45) is -8.62. The Labute approximate surface area is 159 Å². The molecule has 7 nitrogen and oxygen atoms in total. The van der Waals surface area contributed by atoms with Crippen LogP contribution in [-0.4, -0.2) is 22.3 Å². The zero-order chi connectivity index (χ0) is 21.7.